The van der Waals surface area contributed by atoms with Crippen LogP contribution in [0.2, 0.25) is 0 Å². The van der Waals surface area contributed by atoms with Gasteiger partial charge in [-0.1, -0.05) is 0 Å². The summed E-state index contributed by atoms with van der Waals surface area (Å²) in [5.41, 5.74) is 14.9. The van der Waals surface area contributed by atoms with Crippen LogP contribution in [0.3, 0.4) is 0 Å². The number of carbonyl (C=O) groups excluding carboxylic acids is 6. The molecule has 4 atom stereocenters. The van der Waals surface area contributed by atoms with E-state index in [2.05, 4.69) is 32.1 Å². The number of nitrogens with two attached hydrogens (primary N) is 2. The maximum atomic E-state index is 12.7. The van der Waals surface area contributed by atoms with Gasteiger partial charge in [0.05, 0.1) is 32.3 Å². The number of primary amides is 1. The van der Waals surface area contributed by atoms with Crippen LogP contribution < -0.4 is 43.6 Å². The summed E-state index contributed by atoms with van der Waals surface area (Å²) >= 11 is 0. The molecule has 0 bridgehead atoms. The van der Waals surface area contributed by atoms with Crippen LogP contribution in [0.15, 0.2) is 0 Å². The third-order valence-electron chi connectivity index (χ3n) is 5.14. The lowest BCUT2D eigenvalue weighted by atomic mass is 10.1. The van der Waals surface area contributed by atoms with E-state index in [4.69, 9.17) is 20.9 Å². The fourth-order valence-electron chi connectivity index (χ4n) is 3.19. The Hall–Kier alpha value is -3.54. The largest absolute Gasteiger partial charge is 0.391 e. The lowest BCUT2D eigenvalue weighted by Gasteiger charge is -2.24. The quantitative estimate of drug-likeness (QED) is 0.138. The van der Waals surface area contributed by atoms with Gasteiger partial charge in [0.1, 0.15) is 24.7 Å². The fourth-order valence-corrected chi connectivity index (χ4v) is 3.19. The molecule has 2 unspecified atom stereocenters. The zero-order valence-electron chi connectivity index (χ0n) is 21.2. The van der Waals surface area contributed by atoms with Gasteiger partial charge < -0.3 is 47.3 Å². The van der Waals surface area contributed by atoms with Crippen LogP contribution in [0, 0.1) is 0 Å². The van der Waals surface area contributed by atoms with Gasteiger partial charge in [-0.15, -0.1) is 0 Å². The molecule has 216 valence electrons. The number of hydrogen-bond donors (Lipinski definition) is 9. The molecule has 0 radical (unpaired) electrons. The molecular formula is C21H38N8O9. The first-order valence-electron chi connectivity index (χ1n) is 12.1. The average Bonchev–Trinajstić information content (AvgIpc) is 2.85. The Labute approximate surface area is 219 Å². The lowest BCUT2D eigenvalue weighted by Crippen LogP contribution is -2.60. The van der Waals surface area contributed by atoms with Gasteiger partial charge in [0, 0.05) is 6.54 Å². The number of amides is 7. The number of carbonyl (C=O) groups is 6. The highest BCUT2D eigenvalue weighted by Gasteiger charge is 2.29. The van der Waals surface area contributed by atoms with Crippen LogP contribution in [0.1, 0.15) is 32.6 Å². The molecule has 1 fully saturated rings. The van der Waals surface area contributed by atoms with Gasteiger partial charge in [-0.25, -0.2) is 4.79 Å². The summed E-state index contributed by atoms with van der Waals surface area (Å²) in [4.78, 5) is 73.8. The van der Waals surface area contributed by atoms with Crippen LogP contribution in [0.4, 0.5) is 4.79 Å². The molecule has 17 nitrogen and oxygen atoms in total. The molecule has 11 N–H and O–H groups in total. The van der Waals surface area contributed by atoms with Crippen molar-refractivity contribution in [1.82, 2.24) is 32.1 Å². The first-order valence-corrected chi connectivity index (χ1v) is 12.1. The van der Waals surface area contributed by atoms with E-state index in [9.17, 15) is 33.9 Å². The number of hydrogen-bond acceptors (Lipinski definition) is 10. The number of nitrogens with one attached hydrogen (secondary N) is 6. The van der Waals surface area contributed by atoms with E-state index >= 15 is 0 Å². The predicted octanol–water partition coefficient (Wildman–Crippen LogP) is -4.80. The molecule has 1 heterocycles. The third kappa shape index (κ3) is 13.1. The number of unbranched alkanes of at least 4 members (excludes halogenated alkanes) is 1. The zero-order chi connectivity index (χ0) is 28.5. The first kappa shape index (κ1) is 32.5. The van der Waals surface area contributed by atoms with Crippen molar-refractivity contribution in [3.63, 3.8) is 0 Å². The molecule has 7 amide bonds. The highest BCUT2D eigenvalue weighted by Crippen LogP contribution is 2.02. The summed E-state index contributed by atoms with van der Waals surface area (Å²) in [6, 6.07) is -5.06. The molecule has 1 saturated heterocycles. The monoisotopic (exact) mass is 546 g/mol. The van der Waals surface area contributed by atoms with E-state index in [0.29, 0.717) is 19.4 Å². The normalized spacial score (nSPS) is 24.3. The van der Waals surface area contributed by atoms with Crippen molar-refractivity contribution in [1.29, 1.82) is 0 Å². The maximum absolute atomic E-state index is 12.7. The Morgan fingerprint density at radius 3 is 2.24 bits per heavy atom. The second-order valence-corrected chi connectivity index (χ2v) is 8.40. The number of aliphatic hydroxyl groups is 1. The van der Waals surface area contributed by atoms with Crippen molar-refractivity contribution >= 4 is 35.6 Å². The minimum absolute atomic E-state index is 0.0385. The standard InChI is InChI=1S/C21H38N8O9/c1-12(30)17-20(35)24-6-7-37-8-9-38-11-16(32)25-13(4-2-3-5-22)18(33)28-29-19(34)14(10-15(23)31)26-21(36)27-17/h12-14,17,30H,2-11,22H2,1H3,(H2,23,31)(H,24,35)(H,25,32)(H,28,33)(H,29,34)(H2,26,27,36)/t12?,13-,14-,17?/m0/s1. The molecule has 38 heavy (non-hydrogen) atoms. The van der Waals surface area contributed by atoms with Crippen molar-refractivity contribution in [3.8, 4) is 0 Å². The number of hydrazine groups is 1. The highest BCUT2D eigenvalue weighted by molar-refractivity contribution is 5.94. The minimum atomic E-state index is -1.55. The molecule has 0 aromatic carbocycles. The van der Waals surface area contributed by atoms with E-state index in [1.54, 1.807) is 0 Å². The van der Waals surface area contributed by atoms with Crippen LogP contribution >= 0.6 is 0 Å². The molecule has 0 saturated carbocycles. The van der Waals surface area contributed by atoms with E-state index in [-0.39, 0.29) is 39.4 Å². The summed E-state index contributed by atoms with van der Waals surface area (Å²) < 4.78 is 10.5. The summed E-state index contributed by atoms with van der Waals surface area (Å²) in [6.45, 7) is 1.56. The maximum Gasteiger partial charge on any atom is 0.316 e. The second kappa shape index (κ2) is 17.8. The molecule has 1 aliphatic heterocycles. The second-order valence-electron chi connectivity index (χ2n) is 8.40. The Morgan fingerprint density at radius 1 is 0.947 bits per heavy atom. The molecule has 0 spiro atoms. The van der Waals surface area contributed by atoms with Crippen LogP contribution in [0.25, 0.3) is 0 Å². The lowest BCUT2D eigenvalue weighted by molar-refractivity contribution is -0.134. The molecule has 1 rings (SSSR count). The third-order valence-corrected chi connectivity index (χ3v) is 5.14. The van der Waals surface area contributed by atoms with Crippen molar-refractivity contribution in [2.45, 2.75) is 56.8 Å². The van der Waals surface area contributed by atoms with Gasteiger partial charge in [0.25, 0.3) is 11.8 Å². The predicted molar refractivity (Wildman–Crippen MR) is 131 cm³/mol. The summed E-state index contributed by atoms with van der Waals surface area (Å²) in [7, 11) is 0. The summed E-state index contributed by atoms with van der Waals surface area (Å²) in [5, 5.41) is 19.3. The first-order chi connectivity index (χ1) is 18.0. The Morgan fingerprint density at radius 2 is 1.61 bits per heavy atom. The van der Waals surface area contributed by atoms with Crippen molar-refractivity contribution in [2.75, 3.05) is 39.5 Å². The van der Waals surface area contributed by atoms with Crippen molar-refractivity contribution in [2.24, 2.45) is 11.5 Å². The highest BCUT2D eigenvalue weighted by atomic mass is 16.5. The smallest absolute Gasteiger partial charge is 0.316 e. The average molecular weight is 547 g/mol. The number of aliphatic hydroxyl groups excluding tert-OH is 1. The van der Waals surface area contributed by atoms with Gasteiger partial charge in [-0.2, -0.15) is 0 Å². The Balaban J connectivity index is 3.03. The molecule has 0 aromatic rings. The fraction of sp³-hybridized carbons (Fsp3) is 0.714. The Bertz CT molecular complexity index is 827. The number of rotatable bonds is 7. The summed E-state index contributed by atoms with van der Waals surface area (Å²) in [5.74, 6) is -4.05. The molecule has 0 aromatic heterocycles. The number of urea groups is 1. The molecule has 0 aliphatic carbocycles. The van der Waals surface area contributed by atoms with Gasteiger partial charge in [0.15, 0.2) is 0 Å². The minimum Gasteiger partial charge on any atom is -0.391 e. The summed E-state index contributed by atoms with van der Waals surface area (Å²) in [6.07, 6.45) is -0.668. The zero-order valence-corrected chi connectivity index (χ0v) is 21.2. The van der Waals surface area contributed by atoms with Gasteiger partial charge >= 0.3 is 6.03 Å². The topological polar surface area (TPSA) is 265 Å². The van der Waals surface area contributed by atoms with Gasteiger partial charge in [-0.05, 0) is 32.7 Å². The Kier molecular flexibility index (Phi) is 15.2. The van der Waals surface area contributed by atoms with Crippen LogP contribution in [0.5, 0.6) is 0 Å². The van der Waals surface area contributed by atoms with E-state index in [1.807, 2.05) is 0 Å². The van der Waals surface area contributed by atoms with Crippen molar-refractivity contribution in [3.05, 3.63) is 0 Å². The SMILES string of the molecule is CC(O)C1NC(=O)N[C@@H](CC(N)=O)C(=O)NNC(=O)[C@H](CCCCN)NC(=O)COCCOCCNC1=O. The van der Waals surface area contributed by atoms with E-state index in [1.165, 1.54) is 6.92 Å². The molecule has 1 aliphatic rings. The molecular weight excluding hydrogens is 508 g/mol. The number of ether oxygens (including phenoxy) is 2. The van der Waals surface area contributed by atoms with Gasteiger partial charge in [-0.3, -0.25) is 34.8 Å². The van der Waals surface area contributed by atoms with Crippen molar-refractivity contribution < 1.29 is 43.3 Å². The van der Waals surface area contributed by atoms with Gasteiger partial charge in [0.2, 0.25) is 17.7 Å². The van der Waals surface area contributed by atoms with E-state index < -0.39 is 66.2 Å². The van der Waals surface area contributed by atoms with E-state index in [0.717, 1.165) is 0 Å². The van der Waals surface area contributed by atoms with Crippen LogP contribution in [-0.2, 0) is 33.4 Å². The van der Waals surface area contributed by atoms with Crippen LogP contribution in [-0.4, -0.2) is 104 Å². The molecule has 17 heteroatoms.